The molecule has 4 rings (SSSR count). The van der Waals surface area contributed by atoms with E-state index < -0.39 is 35.2 Å². The van der Waals surface area contributed by atoms with Gasteiger partial charge in [-0.1, -0.05) is 11.3 Å². The number of fused-ring (bicyclic) bond motifs is 1. The molecule has 0 bridgehead atoms. The van der Waals surface area contributed by atoms with E-state index in [9.17, 15) is 19.5 Å². The van der Waals surface area contributed by atoms with Gasteiger partial charge in [0.1, 0.15) is 28.2 Å². The third-order valence-corrected chi connectivity index (χ3v) is 8.20. The molecule has 2 aromatic rings. The minimum absolute atomic E-state index is 0.0144. The number of carbonyl (C=O) groups excluding carboxylic acids is 2. The third kappa shape index (κ3) is 3.73. The summed E-state index contributed by atoms with van der Waals surface area (Å²) >= 11 is 4.19. The summed E-state index contributed by atoms with van der Waals surface area (Å²) in [5.41, 5.74) is 6.60. The first-order chi connectivity index (χ1) is 14.4. The fraction of sp³-hybridized carbons (Fsp3) is 0.353. The highest BCUT2D eigenvalue weighted by molar-refractivity contribution is 8.01. The molecule has 1 saturated heterocycles. The van der Waals surface area contributed by atoms with Crippen LogP contribution in [0.4, 0.5) is 0 Å². The monoisotopic (exact) mass is 466 g/mol. The smallest absolute Gasteiger partial charge is 0.352 e. The number of hydrogen-bond acceptors (Lipinski definition) is 9. The maximum atomic E-state index is 12.7. The predicted molar refractivity (Wildman–Crippen MR) is 113 cm³/mol. The van der Waals surface area contributed by atoms with E-state index >= 15 is 0 Å². The molecule has 0 saturated carbocycles. The van der Waals surface area contributed by atoms with Crippen LogP contribution < -0.4 is 11.1 Å². The zero-order valence-electron chi connectivity index (χ0n) is 15.7. The van der Waals surface area contributed by atoms with E-state index in [0.717, 1.165) is 5.03 Å². The molecule has 4 N–H and O–H groups in total. The summed E-state index contributed by atoms with van der Waals surface area (Å²) in [5.74, 6) is -1.22. The van der Waals surface area contributed by atoms with E-state index in [1.165, 1.54) is 39.8 Å². The second-order valence-corrected chi connectivity index (χ2v) is 9.71. The van der Waals surface area contributed by atoms with Gasteiger partial charge in [-0.3, -0.25) is 14.5 Å². The van der Waals surface area contributed by atoms with Crippen molar-refractivity contribution in [1.82, 2.24) is 25.2 Å². The fourth-order valence-electron chi connectivity index (χ4n) is 3.21. The van der Waals surface area contributed by atoms with Crippen molar-refractivity contribution < 1.29 is 19.5 Å². The lowest BCUT2D eigenvalue weighted by Crippen LogP contribution is -2.71. The lowest BCUT2D eigenvalue weighted by Gasteiger charge is -2.49. The molecular formula is C17H18N6O4S3. The standard InChI is InChI=1S/C17H18N6O4S3/c1-22-10(5-19-21-22)29-6-8-7-30-16-12(15(25)23(16)13(8)17(26)27)20-14(24)11(18)9-3-2-4-28-9/h2-5,11-12,16H,6-7,18H2,1H3,(H,20,24)(H,26,27)/t11?,12?,16-/m1/s1. The summed E-state index contributed by atoms with van der Waals surface area (Å²) < 4.78 is 1.60. The molecule has 0 aromatic carbocycles. The van der Waals surface area contributed by atoms with Crippen LogP contribution in [0.25, 0.3) is 0 Å². The Morgan fingerprint density at radius 2 is 2.30 bits per heavy atom. The Balaban J connectivity index is 1.46. The Kier molecular flexibility index (Phi) is 5.86. The lowest BCUT2D eigenvalue weighted by molar-refractivity contribution is -0.150. The van der Waals surface area contributed by atoms with Crippen molar-refractivity contribution >= 4 is 52.6 Å². The van der Waals surface area contributed by atoms with Gasteiger partial charge in [-0.2, -0.15) is 0 Å². The number of thiophene rings is 1. The summed E-state index contributed by atoms with van der Waals surface area (Å²) in [4.78, 5) is 39.0. The van der Waals surface area contributed by atoms with Crippen LogP contribution in [0.2, 0.25) is 0 Å². The zero-order chi connectivity index (χ0) is 21.4. The Morgan fingerprint density at radius 3 is 2.93 bits per heavy atom. The first-order valence-electron chi connectivity index (χ1n) is 8.85. The highest BCUT2D eigenvalue weighted by Gasteiger charge is 2.54. The van der Waals surface area contributed by atoms with Crippen LogP contribution >= 0.6 is 34.9 Å². The first-order valence-corrected chi connectivity index (χ1v) is 11.8. The molecule has 4 heterocycles. The van der Waals surface area contributed by atoms with Gasteiger partial charge in [0.15, 0.2) is 0 Å². The summed E-state index contributed by atoms with van der Waals surface area (Å²) in [6.07, 6.45) is 1.60. The Bertz CT molecular complexity index is 1020. The van der Waals surface area contributed by atoms with Crippen molar-refractivity contribution in [3.05, 3.63) is 39.9 Å². The van der Waals surface area contributed by atoms with Crippen LogP contribution in [0.1, 0.15) is 10.9 Å². The number of nitrogens with one attached hydrogen (secondary N) is 1. The predicted octanol–water partition coefficient (Wildman–Crippen LogP) is 0.407. The number of aliphatic carboxylic acids is 1. The molecule has 2 unspecified atom stereocenters. The second kappa shape index (κ2) is 8.41. The van der Waals surface area contributed by atoms with E-state index in [-0.39, 0.29) is 5.70 Å². The molecule has 3 atom stereocenters. The van der Waals surface area contributed by atoms with Crippen LogP contribution in [0.3, 0.4) is 0 Å². The van der Waals surface area contributed by atoms with Crippen LogP contribution in [0.15, 0.2) is 40.0 Å². The van der Waals surface area contributed by atoms with Crippen molar-refractivity contribution in [1.29, 1.82) is 0 Å². The van der Waals surface area contributed by atoms with Gasteiger partial charge in [-0.25, -0.2) is 9.48 Å². The third-order valence-electron chi connectivity index (χ3n) is 4.75. The van der Waals surface area contributed by atoms with Gasteiger partial charge < -0.3 is 16.2 Å². The van der Waals surface area contributed by atoms with Gasteiger partial charge in [0, 0.05) is 23.4 Å². The van der Waals surface area contributed by atoms with E-state index in [2.05, 4.69) is 15.6 Å². The van der Waals surface area contributed by atoms with Gasteiger partial charge >= 0.3 is 5.97 Å². The van der Waals surface area contributed by atoms with Crippen molar-refractivity contribution in [2.24, 2.45) is 12.8 Å². The largest absolute Gasteiger partial charge is 0.477 e. The SMILES string of the molecule is Cn1nncc1SCC1=C(C(=O)O)N2C(=O)C(NC(=O)C(N)c3cccs3)[C@H]2SC1. The molecule has 0 spiro atoms. The van der Waals surface area contributed by atoms with Gasteiger partial charge in [-0.15, -0.1) is 40.0 Å². The minimum atomic E-state index is -1.16. The number of nitrogens with two attached hydrogens (primary N) is 1. The van der Waals surface area contributed by atoms with Crippen molar-refractivity contribution in [2.75, 3.05) is 11.5 Å². The molecule has 2 aliphatic rings. The van der Waals surface area contributed by atoms with E-state index in [1.807, 2.05) is 5.38 Å². The highest BCUT2D eigenvalue weighted by atomic mass is 32.2. The van der Waals surface area contributed by atoms with Crippen LogP contribution in [0, 0.1) is 0 Å². The number of carboxylic acid groups (broad SMARTS) is 1. The Morgan fingerprint density at radius 1 is 1.50 bits per heavy atom. The zero-order valence-corrected chi connectivity index (χ0v) is 18.2. The average molecular weight is 467 g/mol. The Labute approximate surface area is 183 Å². The maximum absolute atomic E-state index is 12.7. The lowest BCUT2D eigenvalue weighted by atomic mass is 10.0. The van der Waals surface area contributed by atoms with E-state index in [1.54, 1.807) is 30.1 Å². The number of carbonyl (C=O) groups is 3. The van der Waals surface area contributed by atoms with Crippen LogP contribution in [-0.4, -0.2) is 65.7 Å². The van der Waals surface area contributed by atoms with Crippen molar-refractivity contribution in [3.8, 4) is 0 Å². The number of aryl methyl sites for hydroxylation is 1. The van der Waals surface area contributed by atoms with Gasteiger partial charge in [0.2, 0.25) is 5.91 Å². The summed E-state index contributed by atoms with van der Waals surface area (Å²) in [7, 11) is 1.75. The maximum Gasteiger partial charge on any atom is 0.352 e. The molecule has 30 heavy (non-hydrogen) atoms. The number of hydrogen-bond donors (Lipinski definition) is 3. The van der Waals surface area contributed by atoms with Gasteiger partial charge in [-0.05, 0) is 17.0 Å². The average Bonchev–Trinajstić information content (AvgIpc) is 3.40. The summed E-state index contributed by atoms with van der Waals surface area (Å²) in [6, 6.07) is 1.89. The fourth-order valence-corrected chi connectivity index (χ4v) is 6.31. The molecule has 2 aliphatic heterocycles. The number of β-lactam (4-membered cyclic amide) rings is 1. The van der Waals surface area contributed by atoms with Crippen molar-refractivity contribution in [2.45, 2.75) is 22.5 Å². The number of thioether (sulfide) groups is 2. The van der Waals surface area contributed by atoms with E-state index in [0.29, 0.717) is 22.0 Å². The summed E-state index contributed by atoms with van der Waals surface area (Å²) in [6.45, 7) is 0. The normalized spacial score (nSPS) is 21.8. The second-order valence-electron chi connectivity index (χ2n) is 6.63. The van der Waals surface area contributed by atoms with E-state index in [4.69, 9.17) is 5.73 Å². The molecule has 2 amide bonds. The molecule has 13 heteroatoms. The molecule has 1 fully saturated rings. The molecule has 0 radical (unpaired) electrons. The molecule has 0 aliphatic carbocycles. The van der Waals surface area contributed by atoms with Gasteiger partial charge in [0.25, 0.3) is 5.91 Å². The highest BCUT2D eigenvalue weighted by Crippen LogP contribution is 2.41. The number of nitrogens with zero attached hydrogens (tertiary/aromatic N) is 4. The molecule has 2 aromatic heterocycles. The minimum Gasteiger partial charge on any atom is -0.477 e. The topological polar surface area (TPSA) is 143 Å². The van der Waals surface area contributed by atoms with Crippen molar-refractivity contribution in [3.63, 3.8) is 0 Å². The molecule has 10 nitrogen and oxygen atoms in total. The molecule has 158 valence electrons. The number of amides is 2. The van der Waals surface area contributed by atoms with Crippen LogP contribution in [-0.2, 0) is 21.4 Å². The number of carboxylic acids is 1. The van der Waals surface area contributed by atoms with Gasteiger partial charge in [0.05, 0.1) is 6.20 Å². The quantitative estimate of drug-likeness (QED) is 0.390. The molecular weight excluding hydrogens is 448 g/mol. The first kappa shape index (κ1) is 20.9. The number of rotatable bonds is 7. The summed E-state index contributed by atoms with van der Waals surface area (Å²) in [5, 5.41) is 22.2. The number of aromatic nitrogens is 3. The van der Waals surface area contributed by atoms with Crippen LogP contribution in [0.5, 0.6) is 0 Å². The Hall–Kier alpha value is -2.35.